The van der Waals surface area contributed by atoms with Crippen molar-refractivity contribution in [3.63, 3.8) is 0 Å². The summed E-state index contributed by atoms with van der Waals surface area (Å²) in [6.07, 6.45) is -2.63. The number of likely N-dealkylation sites (tertiary alicyclic amines) is 1. The molecule has 0 spiro atoms. The Morgan fingerprint density at radius 3 is 2.55 bits per heavy atom. The molecule has 22 heavy (non-hydrogen) atoms. The second-order valence-electron chi connectivity index (χ2n) is 5.49. The number of piperidine rings is 1. The summed E-state index contributed by atoms with van der Waals surface area (Å²) in [7, 11) is 1.56. The van der Waals surface area contributed by atoms with Gasteiger partial charge in [-0.25, -0.2) is 0 Å². The highest BCUT2D eigenvalue weighted by Gasteiger charge is 2.45. The summed E-state index contributed by atoms with van der Waals surface area (Å²) in [5.74, 6) is 0.293. The number of hydrogen-bond acceptors (Lipinski definition) is 2. The minimum Gasteiger partial charge on any atom is -0.497 e. The molecule has 1 aliphatic rings. The van der Waals surface area contributed by atoms with Crippen LogP contribution in [0.3, 0.4) is 0 Å². The summed E-state index contributed by atoms with van der Waals surface area (Å²) in [5.41, 5.74) is 0.912. The van der Waals surface area contributed by atoms with Crippen molar-refractivity contribution in [1.29, 1.82) is 0 Å². The van der Waals surface area contributed by atoms with E-state index in [0.29, 0.717) is 25.0 Å². The van der Waals surface area contributed by atoms with Crippen LogP contribution < -0.4 is 4.74 Å². The van der Waals surface area contributed by atoms with E-state index in [1.807, 2.05) is 12.1 Å². The van der Waals surface area contributed by atoms with Crippen LogP contribution in [0.5, 0.6) is 5.75 Å². The molecule has 0 saturated carbocycles. The zero-order chi connectivity index (χ0) is 16.2. The van der Waals surface area contributed by atoms with E-state index in [9.17, 15) is 18.0 Å². The molecule has 1 saturated heterocycles. The minimum atomic E-state index is -4.34. The summed E-state index contributed by atoms with van der Waals surface area (Å²) < 4.78 is 44.0. The van der Waals surface area contributed by atoms with E-state index in [1.165, 1.54) is 0 Å². The first-order chi connectivity index (χ1) is 10.4. The van der Waals surface area contributed by atoms with Crippen LogP contribution in [0.1, 0.15) is 31.2 Å². The highest BCUT2D eigenvalue weighted by molar-refractivity contribution is 5.77. The molecule has 0 N–H and O–H groups in total. The molecule has 0 aromatic heterocycles. The summed E-state index contributed by atoms with van der Waals surface area (Å²) in [4.78, 5) is 13.2. The lowest BCUT2D eigenvalue weighted by Gasteiger charge is -2.36. The molecule has 1 aromatic rings. The van der Waals surface area contributed by atoms with Crippen molar-refractivity contribution in [1.82, 2.24) is 4.90 Å². The molecule has 1 unspecified atom stereocenters. The predicted molar refractivity (Wildman–Crippen MR) is 76.7 cm³/mol. The number of carbonyl (C=O) groups excluding carboxylic acids is 1. The largest absolute Gasteiger partial charge is 0.497 e. The van der Waals surface area contributed by atoms with E-state index in [4.69, 9.17) is 4.74 Å². The number of carbonyl (C=O) groups is 1. The second-order valence-corrected chi connectivity index (χ2v) is 5.49. The lowest BCUT2D eigenvalue weighted by Crippen LogP contribution is -2.51. The number of amides is 1. The second kappa shape index (κ2) is 7.03. The van der Waals surface area contributed by atoms with Crippen molar-refractivity contribution >= 4 is 5.91 Å². The van der Waals surface area contributed by atoms with Gasteiger partial charge in [0, 0.05) is 13.0 Å². The first-order valence-corrected chi connectivity index (χ1v) is 7.41. The summed E-state index contributed by atoms with van der Waals surface area (Å²) in [5, 5.41) is 0. The quantitative estimate of drug-likeness (QED) is 0.850. The molecule has 1 amide bonds. The van der Waals surface area contributed by atoms with Crippen molar-refractivity contribution in [2.75, 3.05) is 13.7 Å². The molecule has 1 aromatic carbocycles. The monoisotopic (exact) mass is 315 g/mol. The molecule has 0 aliphatic carbocycles. The van der Waals surface area contributed by atoms with E-state index >= 15 is 0 Å². The zero-order valence-corrected chi connectivity index (χ0v) is 12.5. The fraction of sp³-hybridized carbons (Fsp3) is 0.562. The van der Waals surface area contributed by atoms with Crippen molar-refractivity contribution in [3.8, 4) is 5.75 Å². The number of aryl methyl sites for hydroxylation is 1. The maximum atomic E-state index is 13.0. The molecule has 6 heteroatoms. The fourth-order valence-electron chi connectivity index (χ4n) is 2.76. The molecule has 2 rings (SSSR count). The van der Waals surface area contributed by atoms with Gasteiger partial charge in [0.1, 0.15) is 11.8 Å². The average Bonchev–Trinajstić information content (AvgIpc) is 2.52. The van der Waals surface area contributed by atoms with Crippen molar-refractivity contribution in [2.45, 2.75) is 44.3 Å². The predicted octanol–water partition coefficient (Wildman–Crippen LogP) is 3.57. The Balaban J connectivity index is 1.95. The van der Waals surface area contributed by atoms with Gasteiger partial charge in [0.05, 0.1) is 7.11 Å². The van der Waals surface area contributed by atoms with Gasteiger partial charge in [-0.15, -0.1) is 0 Å². The summed E-state index contributed by atoms with van der Waals surface area (Å²) in [6, 6.07) is 5.58. The molecule has 0 bridgehead atoms. The van der Waals surface area contributed by atoms with Crippen LogP contribution in [0.2, 0.25) is 0 Å². The fourth-order valence-corrected chi connectivity index (χ4v) is 2.76. The highest BCUT2D eigenvalue weighted by Crippen LogP contribution is 2.32. The van der Waals surface area contributed by atoms with Crippen LogP contribution in [-0.4, -0.2) is 36.7 Å². The lowest BCUT2D eigenvalue weighted by atomic mass is 10.0. The van der Waals surface area contributed by atoms with Crippen molar-refractivity contribution in [3.05, 3.63) is 29.8 Å². The number of halogens is 3. The first-order valence-electron chi connectivity index (χ1n) is 7.41. The molecular weight excluding hydrogens is 295 g/mol. The number of rotatable bonds is 4. The minimum absolute atomic E-state index is 0.0117. The van der Waals surface area contributed by atoms with Crippen LogP contribution in [0.4, 0.5) is 13.2 Å². The number of ether oxygens (including phenoxy) is 1. The smallest absolute Gasteiger partial charge is 0.408 e. The van der Waals surface area contributed by atoms with Gasteiger partial charge < -0.3 is 9.64 Å². The van der Waals surface area contributed by atoms with E-state index in [-0.39, 0.29) is 19.4 Å². The third-order valence-corrected chi connectivity index (χ3v) is 3.99. The Morgan fingerprint density at radius 1 is 1.27 bits per heavy atom. The standard InChI is InChI=1S/C16H20F3NO2/c1-22-13-8-5-12(6-9-13)7-10-15(21)20-11-3-2-4-14(20)16(17,18)19/h5-6,8-9,14H,2-4,7,10-11H2,1H3. The number of benzene rings is 1. The summed E-state index contributed by atoms with van der Waals surface area (Å²) in [6.45, 7) is 0.200. The SMILES string of the molecule is COc1ccc(CCC(=O)N2CCCCC2C(F)(F)F)cc1. The van der Waals surface area contributed by atoms with Gasteiger partial charge in [0.25, 0.3) is 0 Å². The third-order valence-electron chi connectivity index (χ3n) is 3.99. The molecule has 1 atom stereocenters. The topological polar surface area (TPSA) is 29.5 Å². The van der Waals surface area contributed by atoms with Gasteiger partial charge >= 0.3 is 6.18 Å². The Kier molecular flexibility index (Phi) is 5.32. The van der Waals surface area contributed by atoms with Crippen molar-refractivity contribution < 1.29 is 22.7 Å². The molecule has 122 valence electrons. The molecule has 0 radical (unpaired) electrons. The van der Waals surface area contributed by atoms with E-state index in [1.54, 1.807) is 19.2 Å². The Labute approximate surface area is 128 Å². The van der Waals surface area contributed by atoms with Gasteiger partial charge in [-0.3, -0.25) is 4.79 Å². The van der Waals surface area contributed by atoms with Gasteiger partial charge in [0.2, 0.25) is 5.91 Å². The maximum absolute atomic E-state index is 13.0. The van der Waals surface area contributed by atoms with Crippen LogP contribution in [0.15, 0.2) is 24.3 Å². The normalized spacial score (nSPS) is 19.1. The van der Waals surface area contributed by atoms with Crippen LogP contribution in [-0.2, 0) is 11.2 Å². The van der Waals surface area contributed by atoms with Gasteiger partial charge in [-0.05, 0) is 43.4 Å². The molecule has 1 fully saturated rings. The highest BCUT2D eigenvalue weighted by atomic mass is 19.4. The molecular formula is C16H20F3NO2. The van der Waals surface area contributed by atoms with E-state index in [2.05, 4.69) is 0 Å². The number of nitrogens with zero attached hydrogens (tertiary/aromatic N) is 1. The van der Waals surface area contributed by atoms with E-state index < -0.39 is 18.1 Å². The molecule has 1 aliphatic heterocycles. The summed E-state index contributed by atoms with van der Waals surface area (Å²) >= 11 is 0. The maximum Gasteiger partial charge on any atom is 0.408 e. The van der Waals surface area contributed by atoms with Gasteiger partial charge in [0.15, 0.2) is 0 Å². The first kappa shape index (κ1) is 16.6. The molecule has 3 nitrogen and oxygen atoms in total. The number of hydrogen-bond donors (Lipinski definition) is 0. The Hall–Kier alpha value is -1.72. The van der Waals surface area contributed by atoms with E-state index in [0.717, 1.165) is 10.5 Å². The Bertz CT molecular complexity index is 499. The number of alkyl halides is 3. The third kappa shape index (κ3) is 4.15. The molecule has 1 heterocycles. The van der Waals surface area contributed by atoms with Gasteiger partial charge in [-0.2, -0.15) is 13.2 Å². The Morgan fingerprint density at radius 2 is 1.95 bits per heavy atom. The van der Waals surface area contributed by atoms with Gasteiger partial charge in [-0.1, -0.05) is 12.1 Å². The number of methoxy groups -OCH3 is 1. The zero-order valence-electron chi connectivity index (χ0n) is 12.5. The van der Waals surface area contributed by atoms with Crippen LogP contribution >= 0.6 is 0 Å². The lowest BCUT2D eigenvalue weighted by molar-refractivity contribution is -0.195. The van der Waals surface area contributed by atoms with Crippen LogP contribution in [0.25, 0.3) is 0 Å². The van der Waals surface area contributed by atoms with Crippen molar-refractivity contribution in [2.24, 2.45) is 0 Å². The van der Waals surface area contributed by atoms with Crippen LogP contribution in [0, 0.1) is 0 Å². The average molecular weight is 315 g/mol.